The first-order valence-corrected chi connectivity index (χ1v) is 10.2. The highest BCUT2D eigenvalue weighted by Gasteiger charge is 2.28. The SMILES string of the molecule is CCc1cc(C2CC2)c(OCc2c(OC(=O)OC)cccc2SC)cc1F. The average molecular weight is 390 g/mol. The number of benzene rings is 2. The number of halogens is 1. The van der Waals surface area contributed by atoms with E-state index in [1.807, 2.05) is 25.3 Å². The third kappa shape index (κ3) is 4.56. The van der Waals surface area contributed by atoms with Crippen LogP contribution < -0.4 is 9.47 Å². The minimum absolute atomic E-state index is 0.175. The summed E-state index contributed by atoms with van der Waals surface area (Å²) in [5, 5.41) is 0. The van der Waals surface area contributed by atoms with Crippen molar-refractivity contribution in [2.45, 2.75) is 43.6 Å². The summed E-state index contributed by atoms with van der Waals surface area (Å²) in [6, 6.07) is 8.83. The monoisotopic (exact) mass is 390 g/mol. The molecule has 0 bridgehead atoms. The predicted molar refractivity (Wildman–Crippen MR) is 103 cm³/mol. The molecule has 1 aliphatic carbocycles. The number of rotatable bonds is 7. The van der Waals surface area contributed by atoms with Crippen LogP contribution in [0.5, 0.6) is 11.5 Å². The Balaban J connectivity index is 1.88. The molecule has 0 saturated heterocycles. The zero-order valence-electron chi connectivity index (χ0n) is 15.7. The first-order valence-electron chi connectivity index (χ1n) is 8.94. The number of aryl methyl sites for hydroxylation is 1. The van der Waals surface area contributed by atoms with Crippen molar-refractivity contribution < 1.29 is 23.4 Å². The predicted octanol–water partition coefficient (Wildman–Crippen LogP) is 5.71. The van der Waals surface area contributed by atoms with Crippen molar-refractivity contribution in [2.24, 2.45) is 0 Å². The summed E-state index contributed by atoms with van der Waals surface area (Å²) in [7, 11) is 1.26. The minimum Gasteiger partial charge on any atom is -0.488 e. The van der Waals surface area contributed by atoms with Crippen molar-refractivity contribution in [2.75, 3.05) is 13.4 Å². The largest absolute Gasteiger partial charge is 0.513 e. The second-order valence-corrected chi connectivity index (χ2v) is 7.24. The van der Waals surface area contributed by atoms with E-state index in [4.69, 9.17) is 9.47 Å². The van der Waals surface area contributed by atoms with Gasteiger partial charge in [-0.05, 0) is 60.8 Å². The molecule has 0 N–H and O–H groups in total. The summed E-state index contributed by atoms with van der Waals surface area (Å²) < 4.78 is 30.2. The van der Waals surface area contributed by atoms with E-state index in [1.165, 1.54) is 24.9 Å². The fraction of sp³-hybridized carbons (Fsp3) is 0.381. The summed E-state index contributed by atoms with van der Waals surface area (Å²) in [5.41, 5.74) is 2.51. The van der Waals surface area contributed by atoms with Gasteiger partial charge < -0.3 is 14.2 Å². The van der Waals surface area contributed by atoms with Gasteiger partial charge in [0.25, 0.3) is 0 Å². The molecule has 144 valence electrons. The highest BCUT2D eigenvalue weighted by molar-refractivity contribution is 7.98. The fourth-order valence-electron chi connectivity index (χ4n) is 2.98. The van der Waals surface area contributed by atoms with E-state index in [9.17, 15) is 9.18 Å². The number of hydrogen-bond donors (Lipinski definition) is 0. The van der Waals surface area contributed by atoms with Crippen LogP contribution in [0.25, 0.3) is 0 Å². The molecule has 4 nitrogen and oxygen atoms in total. The van der Waals surface area contributed by atoms with E-state index in [2.05, 4.69) is 4.74 Å². The highest BCUT2D eigenvalue weighted by Crippen LogP contribution is 2.45. The van der Waals surface area contributed by atoms with Crippen molar-refractivity contribution in [1.82, 2.24) is 0 Å². The second-order valence-electron chi connectivity index (χ2n) is 6.39. The van der Waals surface area contributed by atoms with Gasteiger partial charge in [-0.1, -0.05) is 13.0 Å². The van der Waals surface area contributed by atoms with Crippen LogP contribution in [-0.4, -0.2) is 19.5 Å². The molecule has 3 rings (SSSR count). The van der Waals surface area contributed by atoms with E-state index in [0.29, 0.717) is 29.4 Å². The quantitative estimate of drug-likeness (QED) is 0.344. The van der Waals surface area contributed by atoms with Crippen LogP contribution >= 0.6 is 11.8 Å². The lowest BCUT2D eigenvalue weighted by Crippen LogP contribution is -2.10. The van der Waals surface area contributed by atoms with Gasteiger partial charge in [-0.25, -0.2) is 9.18 Å². The van der Waals surface area contributed by atoms with E-state index >= 15 is 0 Å². The molecule has 6 heteroatoms. The smallest absolute Gasteiger partial charge is 0.488 e. The number of thioether (sulfide) groups is 1. The van der Waals surface area contributed by atoms with Gasteiger partial charge in [0.05, 0.1) is 7.11 Å². The number of ether oxygens (including phenoxy) is 3. The first-order chi connectivity index (χ1) is 13.1. The van der Waals surface area contributed by atoms with E-state index in [1.54, 1.807) is 12.1 Å². The molecule has 0 heterocycles. The molecule has 2 aromatic rings. The molecule has 0 aromatic heterocycles. The van der Waals surface area contributed by atoms with Crippen LogP contribution in [0, 0.1) is 5.82 Å². The summed E-state index contributed by atoms with van der Waals surface area (Å²) in [6.07, 6.45) is 4.00. The Hall–Kier alpha value is -2.21. The molecular formula is C21H23FO4S. The lowest BCUT2D eigenvalue weighted by atomic mass is 10.0. The number of carbonyl (C=O) groups is 1. The molecular weight excluding hydrogens is 367 g/mol. The molecule has 0 aliphatic heterocycles. The van der Waals surface area contributed by atoms with Crippen LogP contribution in [0.4, 0.5) is 9.18 Å². The Kier molecular flexibility index (Phi) is 6.26. The Labute approximate surface area is 163 Å². The van der Waals surface area contributed by atoms with Crippen molar-refractivity contribution in [3.05, 3.63) is 52.8 Å². The van der Waals surface area contributed by atoms with Crippen LogP contribution in [0.1, 0.15) is 42.4 Å². The molecule has 0 amide bonds. The average Bonchev–Trinajstić information content (AvgIpc) is 3.51. The second kappa shape index (κ2) is 8.65. The van der Waals surface area contributed by atoms with Gasteiger partial charge >= 0.3 is 6.16 Å². The summed E-state index contributed by atoms with van der Waals surface area (Å²) >= 11 is 1.53. The summed E-state index contributed by atoms with van der Waals surface area (Å²) in [6.45, 7) is 2.12. The number of hydrogen-bond acceptors (Lipinski definition) is 5. The zero-order valence-corrected chi connectivity index (χ0v) is 16.5. The van der Waals surface area contributed by atoms with Crippen LogP contribution in [0.15, 0.2) is 35.2 Å². The Morgan fingerprint density at radius 1 is 1.26 bits per heavy atom. The molecule has 0 unspecified atom stereocenters. The minimum atomic E-state index is -0.786. The van der Waals surface area contributed by atoms with Crippen molar-refractivity contribution >= 4 is 17.9 Å². The van der Waals surface area contributed by atoms with Crippen molar-refractivity contribution in [3.63, 3.8) is 0 Å². The lowest BCUT2D eigenvalue weighted by Gasteiger charge is -2.17. The molecule has 0 spiro atoms. The zero-order chi connectivity index (χ0) is 19.4. The van der Waals surface area contributed by atoms with Crippen molar-refractivity contribution in [1.29, 1.82) is 0 Å². The van der Waals surface area contributed by atoms with Gasteiger partial charge in [-0.2, -0.15) is 0 Å². The van der Waals surface area contributed by atoms with Gasteiger partial charge in [-0.3, -0.25) is 0 Å². The van der Waals surface area contributed by atoms with Gasteiger partial charge in [-0.15, -0.1) is 11.8 Å². The third-order valence-electron chi connectivity index (χ3n) is 4.62. The van der Waals surface area contributed by atoms with Crippen LogP contribution in [0.2, 0.25) is 0 Å². The maximum atomic E-state index is 14.3. The molecule has 1 fully saturated rings. The topological polar surface area (TPSA) is 44.8 Å². The summed E-state index contributed by atoms with van der Waals surface area (Å²) in [5.74, 6) is 1.13. The molecule has 0 atom stereocenters. The molecule has 1 aliphatic rings. The number of methoxy groups -OCH3 is 1. The maximum Gasteiger partial charge on any atom is 0.513 e. The Morgan fingerprint density at radius 2 is 2.04 bits per heavy atom. The van der Waals surface area contributed by atoms with E-state index in [-0.39, 0.29) is 12.4 Å². The van der Waals surface area contributed by atoms with E-state index in [0.717, 1.165) is 28.9 Å². The summed E-state index contributed by atoms with van der Waals surface area (Å²) in [4.78, 5) is 12.5. The van der Waals surface area contributed by atoms with Crippen LogP contribution in [-0.2, 0) is 17.8 Å². The maximum absolute atomic E-state index is 14.3. The van der Waals surface area contributed by atoms with Gasteiger partial charge in [0.15, 0.2) is 0 Å². The number of carbonyl (C=O) groups excluding carboxylic acids is 1. The molecule has 1 saturated carbocycles. The van der Waals surface area contributed by atoms with Gasteiger partial charge in [0, 0.05) is 16.5 Å². The van der Waals surface area contributed by atoms with Gasteiger partial charge in [0.2, 0.25) is 0 Å². The van der Waals surface area contributed by atoms with Crippen LogP contribution in [0.3, 0.4) is 0 Å². The Morgan fingerprint density at radius 3 is 2.67 bits per heavy atom. The van der Waals surface area contributed by atoms with Gasteiger partial charge in [0.1, 0.15) is 23.9 Å². The lowest BCUT2D eigenvalue weighted by molar-refractivity contribution is 0.120. The van der Waals surface area contributed by atoms with Crippen molar-refractivity contribution in [3.8, 4) is 11.5 Å². The standard InChI is InChI=1S/C21H23FO4S/c1-4-13-10-15(14-8-9-14)19(11-17(13)22)25-12-16-18(26-21(23)24-2)6-5-7-20(16)27-3/h5-7,10-11,14H,4,8-9,12H2,1-3H3. The molecule has 0 radical (unpaired) electrons. The Bertz CT molecular complexity index is 833. The fourth-order valence-corrected chi connectivity index (χ4v) is 3.60. The first kappa shape index (κ1) is 19.5. The normalized spacial score (nSPS) is 13.3. The van der Waals surface area contributed by atoms with E-state index < -0.39 is 6.16 Å². The molecule has 27 heavy (non-hydrogen) atoms. The highest BCUT2D eigenvalue weighted by atomic mass is 32.2. The third-order valence-corrected chi connectivity index (χ3v) is 5.44. The molecule has 2 aromatic carbocycles.